The summed E-state index contributed by atoms with van der Waals surface area (Å²) in [6.45, 7) is 1.94. The van der Waals surface area contributed by atoms with Gasteiger partial charge in [-0.05, 0) is 42.8 Å². The molecule has 3 aliphatic heterocycles. The molecule has 31 heavy (non-hydrogen) atoms. The highest BCUT2D eigenvalue weighted by Crippen LogP contribution is 2.20. The number of urea groups is 1. The molecule has 1 saturated heterocycles. The normalized spacial score (nSPS) is 20.4. The number of nitrogens with zero attached hydrogens (tertiary/aromatic N) is 4. The van der Waals surface area contributed by atoms with Gasteiger partial charge in [-0.3, -0.25) is 4.79 Å². The number of hydrogen-bond acceptors (Lipinski definition) is 5. The van der Waals surface area contributed by atoms with Crippen LogP contribution in [0.4, 0.5) is 10.5 Å². The first-order valence-electron chi connectivity index (χ1n) is 9.91. The van der Waals surface area contributed by atoms with Crippen LogP contribution in [0.1, 0.15) is 6.42 Å². The molecule has 164 valence electrons. The highest BCUT2D eigenvalue weighted by molar-refractivity contribution is 7.90. The smallest absolute Gasteiger partial charge is 0.321 e. The third-order valence-electron chi connectivity index (χ3n) is 5.25. The van der Waals surface area contributed by atoms with Gasteiger partial charge < -0.3 is 20.0 Å². The van der Waals surface area contributed by atoms with E-state index < -0.39 is 10.0 Å². The van der Waals surface area contributed by atoms with E-state index in [0.29, 0.717) is 43.3 Å². The maximum absolute atomic E-state index is 13.2. The molecule has 0 aliphatic carbocycles. The summed E-state index contributed by atoms with van der Waals surface area (Å²) in [6, 6.07) is 6.60. The number of fused-ring (bicyclic) bond motifs is 1. The van der Waals surface area contributed by atoms with E-state index in [1.165, 1.54) is 0 Å². The molecule has 0 spiro atoms. The van der Waals surface area contributed by atoms with Crippen LogP contribution in [0, 0.1) is 0 Å². The first-order chi connectivity index (χ1) is 14.8. The van der Waals surface area contributed by atoms with Gasteiger partial charge >= 0.3 is 6.03 Å². The van der Waals surface area contributed by atoms with Gasteiger partial charge in [0.25, 0.3) is 15.9 Å². The average molecular weight is 464 g/mol. The van der Waals surface area contributed by atoms with Crippen LogP contribution < -0.4 is 5.32 Å². The Morgan fingerprint density at radius 3 is 2.48 bits per heavy atom. The summed E-state index contributed by atoms with van der Waals surface area (Å²) in [5.74, 6) is -0.200. The highest BCUT2D eigenvalue weighted by atomic mass is 35.5. The topological polar surface area (TPSA) is 102 Å². The van der Waals surface area contributed by atoms with Crippen LogP contribution in [0.2, 0.25) is 5.02 Å². The Labute approximate surface area is 185 Å². The summed E-state index contributed by atoms with van der Waals surface area (Å²) in [7, 11) is -3.58. The van der Waals surface area contributed by atoms with Crippen molar-refractivity contribution >= 4 is 45.1 Å². The van der Waals surface area contributed by atoms with E-state index in [4.69, 9.17) is 11.6 Å². The van der Waals surface area contributed by atoms with Crippen molar-refractivity contribution in [1.29, 1.82) is 0 Å². The Morgan fingerprint density at radius 2 is 1.71 bits per heavy atom. The predicted octanol–water partition coefficient (Wildman–Crippen LogP) is 1.90. The van der Waals surface area contributed by atoms with Crippen molar-refractivity contribution < 1.29 is 18.0 Å². The molecule has 0 unspecified atom stereocenters. The minimum absolute atomic E-state index is 0.0796. The van der Waals surface area contributed by atoms with Crippen LogP contribution in [-0.4, -0.2) is 79.4 Å². The Bertz CT molecular complexity index is 1080. The van der Waals surface area contributed by atoms with Crippen LogP contribution in [0.25, 0.3) is 0 Å². The third-order valence-corrected chi connectivity index (χ3v) is 6.66. The first-order valence-corrected chi connectivity index (χ1v) is 11.9. The minimum Gasteiger partial charge on any atom is -0.337 e. The zero-order valence-electron chi connectivity index (χ0n) is 16.7. The Morgan fingerprint density at radius 1 is 1.00 bits per heavy atom. The van der Waals surface area contributed by atoms with Gasteiger partial charge in [0.05, 0.1) is 11.3 Å². The number of amides is 3. The Kier molecular flexibility index (Phi) is 6.01. The lowest BCUT2D eigenvalue weighted by atomic mass is 10.1. The number of anilines is 1. The lowest BCUT2D eigenvalue weighted by Crippen LogP contribution is -2.44. The zero-order valence-corrected chi connectivity index (χ0v) is 18.3. The molecule has 1 N–H and O–H groups in total. The lowest BCUT2D eigenvalue weighted by molar-refractivity contribution is -0.126. The monoisotopic (exact) mass is 463 g/mol. The predicted molar refractivity (Wildman–Crippen MR) is 118 cm³/mol. The summed E-state index contributed by atoms with van der Waals surface area (Å²) >= 11 is 5.87. The quantitative estimate of drug-likeness (QED) is 0.721. The molecule has 3 aliphatic rings. The molecule has 0 bridgehead atoms. The molecular formula is C20H22ClN5O4S. The van der Waals surface area contributed by atoms with Gasteiger partial charge in [0.2, 0.25) is 0 Å². The lowest BCUT2D eigenvalue weighted by Gasteiger charge is -2.31. The van der Waals surface area contributed by atoms with Crippen molar-refractivity contribution in [2.45, 2.75) is 6.42 Å². The van der Waals surface area contributed by atoms with Gasteiger partial charge in [0.1, 0.15) is 0 Å². The number of nitrogens with one attached hydrogen (secondary N) is 1. The number of benzene rings is 1. The van der Waals surface area contributed by atoms with Gasteiger partial charge in [0, 0.05) is 49.6 Å². The molecule has 1 fully saturated rings. The third kappa shape index (κ3) is 4.91. The van der Waals surface area contributed by atoms with Crippen molar-refractivity contribution in [2.24, 2.45) is 4.40 Å². The summed E-state index contributed by atoms with van der Waals surface area (Å²) in [5.41, 5.74) is 0.896. The Hall–Kier alpha value is -2.85. The fraction of sp³-hybridized carbons (Fsp3) is 0.350. The van der Waals surface area contributed by atoms with Crippen molar-refractivity contribution in [1.82, 2.24) is 14.7 Å². The second kappa shape index (κ2) is 8.72. The number of hydrogen-bond donors (Lipinski definition) is 1. The molecule has 1 aromatic rings. The number of sulfonamides is 1. The SMILES string of the molecule is O=C(Nc1ccc(Cl)cc1)N1CCCN(C(=O)C2=CC=CN3CCS(=O)(=O)N=C23)CC1. The largest absolute Gasteiger partial charge is 0.337 e. The second-order valence-corrected chi connectivity index (χ2v) is 9.58. The molecule has 0 atom stereocenters. The summed E-state index contributed by atoms with van der Waals surface area (Å²) in [5, 5.41) is 3.42. The van der Waals surface area contributed by atoms with E-state index in [9.17, 15) is 18.0 Å². The first kappa shape index (κ1) is 21.4. The zero-order chi connectivity index (χ0) is 22.0. The number of carbonyl (C=O) groups excluding carboxylic acids is 2. The Balaban J connectivity index is 1.42. The standard InChI is InChI=1S/C20H22ClN5O4S/c21-15-4-6-16(7-5-15)22-20(28)26-10-2-9-25(11-12-26)19(27)17-3-1-8-24-13-14-31(29,30)23-18(17)24/h1,3-8H,2,9-14H2,(H,22,28). The van der Waals surface area contributed by atoms with E-state index in [1.54, 1.807) is 57.3 Å². The van der Waals surface area contributed by atoms with E-state index in [0.717, 1.165) is 0 Å². The molecule has 1 aromatic carbocycles. The van der Waals surface area contributed by atoms with Crippen LogP contribution in [-0.2, 0) is 14.8 Å². The van der Waals surface area contributed by atoms with E-state index in [-0.39, 0.29) is 35.6 Å². The van der Waals surface area contributed by atoms with Gasteiger partial charge in [-0.25, -0.2) is 13.2 Å². The minimum atomic E-state index is -3.58. The molecule has 4 rings (SSSR count). The summed E-state index contributed by atoms with van der Waals surface area (Å²) in [4.78, 5) is 30.7. The molecule has 0 radical (unpaired) electrons. The maximum Gasteiger partial charge on any atom is 0.321 e. The second-order valence-electron chi connectivity index (χ2n) is 7.39. The number of carbonyl (C=O) groups is 2. The number of amidine groups is 1. The molecule has 0 aromatic heterocycles. The molecular weight excluding hydrogens is 442 g/mol. The fourth-order valence-electron chi connectivity index (χ4n) is 3.61. The average Bonchev–Trinajstić information content (AvgIpc) is 3.00. The van der Waals surface area contributed by atoms with Crippen LogP contribution in [0.5, 0.6) is 0 Å². The van der Waals surface area contributed by atoms with Crippen LogP contribution >= 0.6 is 11.6 Å². The van der Waals surface area contributed by atoms with Crippen molar-refractivity contribution in [3.63, 3.8) is 0 Å². The van der Waals surface area contributed by atoms with E-state index in [2.05, 4.69) is 9.71 Å². The van der Waals surface area contributed by atoms with Crippen LogP contribution in [0.15, 0.2) is 52.6 Å². The fourth-order valence-corrected chi connectivity index (χ4v) is 4.72. The van der Waals surface area contributed by atoms with Gasteiger partial charge in [-0.15, -0.1) is 4.40 Å². The highest BCUT2D eigenvalue weighted by Gasteiger charge is 2.33. The van der Waals surface area contributed by atoms with Crippen molar-refractivity contribution in [3.8, 4) is 0 Å². The molecule has 0 saturated carbocycles. The molecule has 11 heteroatoms. The van der Waals surface area contributed by atoms with Gasteiger partial charge in [-0.2, -0.15) is 0 Å². The van der Waals surface area contributed by atoms with Crippen LogP contribution in [0.3, 0.4) is 0 Å². The van der Waals surface area contributed by atoms with E-state index >= 15 is 0 Å². The van der Waals surface area contributed by atoms with Crippen molar-refractivity contribution in [2.75, 3.05) is 43.8 Å². The summed E-state index contributed by atoms with van der Waals surface area (Å²) < 4.78 is 27.7. The number of rotatable bonds is 2. The molecule has 3 heterocycles. The number of allylic oxidation sites excluding steroid dienone is 2. The summed E-state index contributed by atoms with van der Waals surface area (Å²) in [6.07, 6.45) is 5.63. The molecule has 9 nitrogen and oxygen atoms in total. The van der Waals surface area contributed by atoms with Crippen molar-refractivity contribution in [3.05, 3.63) is 53.2 Å². The van der Waals surface area contributed by atoms with E-state index in [1.807, 2.05) is 0 Å². The molecule has 3 amide bonds. The van der Waals surface area contributed by atoms with Gasteiger partial charge in [0.15, 0.2) is 5.84 Å². The maximum atomic E-state index is 13.2. The number of halogens is 1. The van der Waals surface area contributed by atoms with Gasteiger partial charge in [-0.1, -0.05) is 11.6 Å².